The minimum Gasteiger partial charge on any atom is -0.444 e. The summed E-state index contributed by atoms with van der Waals surface area (Å²) in [5, 5.41) is 0.970. The Morgan fingerprint density at radius 3 is 2.59 bits per heavy atom. The lowest BCUT2D eigenvalue weighted by atomic mass is 9.81. The molecule has 2 saturated heterocycles. The van der Waals surface area contributed by atoms with Crippen LogP contribution in [0.2, 0.25) is 0 Å². The number of carbonyl (C=O) groups excluding carboxylic acids is 2. The van der Waals surface area contributed by atoms with Crippen LogP contribution in [0.25, 0.3) is 11.0 Å². The number of pyridine rings is 1. The van der Waals surface area contributed by atoms with Gasteiger partial charge in [0.25, 0.3) is 0 Å². The number of nitrogens with one attached hydrogen (secondary N) is 1. The van der Waals surface area contributed by atoms with Gasteiger partial charge in [0.1, 0.15) is 16.8 Å². The minimum atomic E-state index is -0.638. The highest BCUT2D eigenvalue weighted by molar-refractivity contribution is 6.21. The van der Waals surface area contributed by atoms with E-state index in [4.69, 9.17) is 9.47 Å². The summed E-state index contributed by atoms with van der Waals surface area (Å²) in [5.41, 5.74) is 2.45. The van der Waals surface area contributed by atoms with Gasteiger partial charge in [0.05, 0.1) is 17.4 Å². The van der Waals surface area contributed by atoms with E-state index in [9.17, 15) is 9.59 Å². The molecule has 3 aliphatic heterocycles. The van der Waals surface area contributed by atoms with Crippen molar-refractivity contribution in [3.8, 4) is 0 Å². The molecule has 5 rings (SSSR count). The van der Waals surface area contributed by atoms with Crippen molar-refractivity contribution in [1.82, 2.24) is 14.9 Å². The molecule has 8 heteroatoms. The zero-order valence-corrected chi connectivity index (χ0v) is 19.4. The van der Waals surface area contributed by atoms with Gasteiger partial charge >= 0.3 is 6.09 Å². The molecule has 2 aromatic rings. The number of carbonyl (C=O) groups is 2. The van der Waals surface area contributed by atoms with Gasteiger partial charge in [-0.3, -0.25) is 4.79 Å². The summed E-state index contributed by atoms with van der Waals surface area (Å²) in [6, 6.07) is 0. The van der Waals surface area contributed by atoms with E-state index in [2.05, 4.69) is 14.9 Å². The molecule has 5 heterocycles. The largest absolute Gasteiger partial charge is 0.444 e. The summed E-state index contributed by atoms with van der Waals surface area (Å²) in [4.78, 5) is 38.3. The van der Waals surface area contributed by atoms with Crippen molar-refractivity contribution >= 4 is 28.6 Å². The Labute approximate surface area is 188 Å². The van der Waals surface area contributed by atoms with Crippen LogP contribution in [0, 0.1) is 0 Å². The number of nitrogens with zero attached hydrogens (tertiary/aromatic N) is 3. The van der Waals surface area contributed by atoms with Crippen LogP contribution in [0.3, 0.4) is 0 Å². The SMILES string of the molecule is CN1c2cnc3[nH]cc(C4CCOCC4)c3c2C(=O)C12CCN(C(=O)OC(C)(C)C)CC2. The van der Waals surface area contributed by atoms with E-state index in [0.29, 0.717) is 31.8 Å². The summed E-state index contributed by atoms with van der Waals surface area (Å²) >= 11 is 0. The highest BCUT2D eigenvalue weighted by Crippen LogP contribution is 2.47. The van der Waals surface area contributed by atoms with Crippen LogP contribution in [0.4, 0.5) is 10.5 Å². The first kappa shape index (κ1) is 21.2. The van der Waals surface area contributed by atoms with Crippen LogP contribution >= 0.6 is 0 Å². The van der Waals surface area contributed by atoms with E-state index in [-0.39, 0.29) is 11.9 Å². The number of ketones is 1. The van der Waals surface area contributed by atoms with Gasteiger partial charge in [-0.15, -0.1) is 0 Å². The third-order valence-corrected chi connectivity index (χ3v) is 7.27. The lowest BCUT2D eigenvalue weighted by Gasteiger charge is -2.43. The van der Waals surface area contributed by atoms with Crippen molar-refractivity contribution in [3.63, 3.8) is 0 Å². The smallest absolute Gasteiger partial charge is 0.410 e. The third-order valence-electron chi connectivity index (χ3n) is 7.27. The van der Waals surface area contributed by atoms with Crippen LogP contribution in [-0.4, -0.2) is 71.2 Å². The summed E-state index contributed by atoms with van der Waals surface area (Å²) in [7, 11) is 1.99. The lowest BCUT2D eigenvalue weighted by molar-refractivity contribution is 0.0168. The number of piperidine rings is 1. The molecule has 32 heavy (non-hydrogen) atoms. The number of anilines is 1. The molecule has 2 fully saturated rings. The van der Waals surface area contributed by atoms with Gasteiger partial charge in [-0.25, -0.2) is 9.78 Å². The standard InChI is InChI=1S/C24H32N4O4/c1-23(2,3)32-22(30)28-9-7-24(8-10-28)20(29)19-17(27(24)4)14-26-21-18(19)16(13-25-21)15-5-11-31-12-6-15/h13-15H,5-12H2,1-4H3,(H,25,26). The summed E-state index contributed by atoms with van der Waals surface area (Å²) < 4.78 is 11.1. The predicted octanol–water partition coefficient (Wildman–Crippen LogP) is 3.86. The summed E-state index contributed by atoms with van der Waals surface area (Å²) in [6.07, 6.45) is 6.60. The molecule has 172 valence electrons. The fourth-order valence-electron chi connectivity index (χ4n) is 5.49. The van der Waals surface area contributed by atoms with Crippen molar-refractivity contribution in [3.05, 3.63) is 23.5 Å². The first-order valence-corrected chi connectivity index (χ1v) is 11.6. The first-order valence-electron chi connectivity index (χ1n) is 11.6. The highest BCUT2D eigenvalue weighted by Gasteiger charge is 2.53. The number of hydrogen-bond acceptors (Lipinski definition) is 6. The predicted molar refractivity (Wildman–Crippen MR) is 121 cm³/mol. The summed E-state index contributed by atoms with van der Waals surface area (Å²) in [5.74, 6) is 0.522. The van der Waals surface area contributed by atoms with E-state index in [1.165, 1.54) is 5.56 Å². The van der Waals surface area contributed by atoms with Crippen LogP contribution in [0.15, 0.2) is 12.4 Å². The number of aromatic nitrogens is 2. The van der Waals surface area contributed by atoms with Crippen molar-refractivity contribution < 1.29 is 19.1 Å². The zero-order valence-electron chi connectivity index (χ0n) is 19.4. The Bertz CT molecular complexity index is 1060. The van der Waals surface area contributed by atoms with Crippen molar-refractivity contribution in [1.29, 1.82) is 0 Å². The molecule has 0 unspecified atom stereocenters. The third kappa shape index (κ3) is 3.27. The molecule has 0 bridgehead atoms. The number of aromatic amines is 1. The monoisotopic (exact) mass is 440 g/mol. The Balaban J connectivity index is 1.45. The molecule has 2 aromatic heterocycles. The van der Waals surface area contributed by atoms with Gasteiger partial charge in [-0.2, -0.15) is 0 Å². The average molecular weight is 441 g/mol. The maximum absolute atomic E-state index is 14.0. The lowest BCUT2D eigenvalue weighted by Crippen LogP contribution is -2.57. The molecule has 0 saturated carbocycles. The molecular formula is C24H32N4O4. The maximum atomic E-state index is 14.0. The molecule has 8 nitrogen and oxygen atoms in total. The Morgan fingerprint density at radius 1 is 1.25 bits per heavy atom. The zero-order chi connectivity index (χ0) is 22.7. The van der Waals surface area contributed by atoms with Crippen LogP contribution in [-0.2, 0) is 9.47 Å². The number of Topliss-reactive ketones (excluding diaryl/α,β-unsaturated/α-hetero) is 1. The number of likely N-dealkylation sites (tertiary alicyclic amines) is 1. The summed E-state index contributed by atoms with van der Waals surface area (Å²) in [6.45, 7) is 8.09. The van der Waals surface area contributed by atoms with Crippen LogP contribution < -0.4 is 4.90 Å². The fourth-order valence-corrected chi connectivity index (χ4v) is 5.49. The molecule has 0 aromatic carbocycles. The molecule has 1 spiro atoms. The van der Waals surface area contributed by atoms with E-state index in [1.54, 1.807) is 4.90 Å². The van der Waals surface area contributed by atoms with Crippen LogP contribution in [0.1, 0.15) is 68.3 Å². The second-order valence-corrected chi connectivity index (χ2v) is 10.3. The number of amides is 1. The molecule has 0 radical (unpaired) electrons. The molecular weight excluding hydrogens is 408 g/mol. The molecule has 0 aliphatic carbocycles. The number of rotatable bonds is 1. The Hall–Kier alpha value is -2.61. The van der Waals surface area contributed by atoms with Crippen molar-refractivity contribution in [2.75, 3.05) is 38.3 Å². The Morgan fingerprint density at radius 2 is 1.94 bits per heavy atom. The molecule has 1 N–H and O–H groups in total. The average Bonchev–Trinajstić information content (AvgIpc) is 3.28. The van der Waals surface area contributed by atoms with Gasteiger partial charge in [0.2, 0.25) is 0 Å². The topological polar surface area (TPSA) is 87.8 Å². The van der Waals surface area contributed by atoms with Gasteiger partial charge in [-0.1, -0.05) is 0 Å². The second kappa shape index (κ2) is 7.47. The van der Waals surface area contributed by atoms with E-state index in [1.807, 2.05) is 40.2 Å². The molecule has 1 amide bonds. The Kier molecular flexibility index (Phi) is 4.96. The van der Waals surface area contributed by atoms with Gasteiger partial charge in [0, 0.05) is 44.9 Å². The van der Waals surface area contributed by atoms with Crippen LogP contribution in [0.5, 0.6) is 0 Å². The number of likely N-dealkylation sites (N-methyl/N-ethyl adjacent to an activating group) is 1. The van der Waals surface area contributed by atoms with E-state index in [0.717, 1.165) is 48.3 Å². The number of H-pyrrole nitrogens is 1. The maximum Gasteiger partial charge on any atom is 0.410 e. The van der Waals surface area contributed by atoms with Gasteiger partial charge in [-0.05, 0) is 57.9 Å². The van der Waals surface area contributed by atoms with Gasteiger partial charge < -0.3 is 24.3 Å². The number of ether oxygens (including phenoxy) is 2. The minimum absolute atomic E-state index is 0.152. The van der Waals surface area contributed by atoms with E-state index >= 15 is 0 Å². The van der Waals surface area contributed by atoms with Crippen molar-refractivity contribution in [2.45, 2.75) is 63.5 Å². The van der Waals surface area contributed by atoms with E-state index < -0.39 is 11.1 Å². The highest BCUT2D eigenvalue weighted by atomic mass is 16.6. The second-order valence-electron chi connectivity index (χ2n) is 10.3. The number of fused-ring (bicyclic) bond motifs is 3. The quantitative estimate of drug-likeness (QED) is 0.725. The normalized spacial score (nSPS) is 21.4. The number of hydrogen-bond donors (Lipinski definition) is 1. The molecule has 0 atom stereocenters. The van der Waals surface area contributed by atoms with Crippen molar-refractivity contribution in [2.24, 2.45) is 0 Å². The molecule has 3 aliphatic rings. The van der Waals surface area contributed by atoms with Gasteiger partial charge in [0.15, 0.2) is 5.78 Å². The first-order chi connectivity index (χ1) is 15.2. The fraction of sp³-hybridized carbons (Fsp3) is 0.625.